The SMILES string of the molecule is Cc1ccc(C(C)Nc2nc(N3CC(C4CCCN(C5(C)CC(C(=O)O)C5)C4)C3)nc3ccsc23)c(Cl)c1.Cc1ccc(C(C)Nc2nc(N3CC(C4CCCN(C5CC(C(=O)O)C5)C4)C3)nc(C)c2C)c(Cl)c1.Cc1ccc(C(C)Nc2nc(N3CC(C4CCCN(C5CC(C)(C(=O)O)C5)C4)C3)nc3ccsc23)c(Cl)c1.Cc1ccc(C(C)Nc2nc(N3CC(C4CCCN(C5CC(C)(C(=O)O)C5)C4)C3)nc3sccc23)c(Cl)c1. The first-order valence-corrected chi connectivity index (χ1v) is 58.6. The van der Waals surface area contributed by atoms with E-state index in [1.165, 1.54) is 51.4 Å². The normalized spacial score (nSPS) is 26.8. The minimum Gasteiger partial charge on any atom is -0.481 e. The molecule has 0 spiro atoms. The fourth-order valence-electron chi connectivity index (χ4n) is 25.6. The quantitative estimate of drug-likeness (QED) is 0.0226. The summed E-state index contributed by atoms with van der Waals surface area (Å²) >= 11 is 31.1. The molecule has 8 unspecified atom stereocenters. The van der Waals surface area contributed by atoms with E-state index in [1.807, 2.05) is 65.8 Å². The first-order valence-electron chi connectivity index (χ1n) is 54.4. The molecule has 11 aromatic rings. The number of piperidine rings is 4. The van der Waals surface area contributed by atoms with Gasteiger partial charge < -0.3 is 76.0 Å². The van der Waals surface area contributed by atoms with Crippen molar-refractivity contribution in [3.63, 3.8) is 0 Å². The van der Waals surface area contributed by atoms with E-state index in [2.05, 4.69) is 192 Å². The van der Waals surface area contributed by atoms with E-state index in [9.17, 15) is 39.6 Å². The maximum absolute atomic E-state index is 11.5. The van der Waals surface area contributed by atoms with Gasteiger partial charge in [-0.2, -0.15) is 19.9 Å². The summed E-state index contributed by atoms with van der Waals surface area (Å²) in [5.74, 6) is 8.92. The lowest BCUT2D eigenvalue weighted by molar-refractivity contribution is -0.159. The molecule has 4 aliphatic carbocycles. The van der Waals surface area contributed by atoms with Crippen LogP contribution in [-0.4, -0.2) is 232 Å². The van der Waals surface area contributed by atoms with Gasteiger partial charge in [-0.1, -0.05) is 94.9 Å². The summed E-state index contributed by atoms with van der Waals surface area (Å²) in [4.78, 5) is 106. The Kier molecular flexibility index (Phi) is 32.0. The zero-order valence-corrected chi connectivity index (χ0v) is 94.1. The molecule has 8 aliphatic heterocycles. The van der Waals surface area contributed by atoms with Crippen molar-refractivity contribution in [3.05, 3.63) is 183 Å². The maximum Gasteiger partial charge on any atom is 0.309 e. The number of carboxylic acids is 4. The molecule has 0 bridgehead atoms. The number of hydrogen-bond donors (Lipinski definition) is 8. The number of carbonyl (C=O) groups is 4. The van der Waals surface area contributed by atoms with Crippen LogP contribution in [0.1, 0.15) is 231 Å². The molecule has 150 heavy (non-hydrogen) atoms. The molecule has 0 radical (unpaired) electrons. The second-order valence-corrected chi connectivity index (χ2v) is 51.2. The van der Waals surface area contributed by atoms with Crippen LogP contribution in [0.25, 0.3) is 30.6 Å². The number of rotatable bonds is 28. The molecule has 4 saturated carbocycles. The van der Waals surface area contributed by atoms with Crippen LogP contribution in [0.15, 0.2) is 107 Å². The van der Waals surface area contributed by atoms with Gasteiger partial charge in [0.2, 0.25) is 23.8 Å². The Balaban J connectivity index is 0.000000121. The Morgan fingerprint density at radius 1 is 0.367 bits per heavy atom. The first kappa shape index (κ1) is 107. The average Bonchev–Trinajstić information content (AvgIpc) is 1.28. The third-order valence-corrected chi connectivity index (χ3v) is 39.8. The smallest absolute Gasteiger partial charge is 0.309 e. The van der Waals surface area contributed by atoms with Crippen LogP contribution in [0, 0.1) is 112 Å². The van der Waals surface area contributed by atoms with Crippen LogP contribution in [0.5, 0.6) is 0 Å². The summed E-state index contributed by atoms with van der Waals surface area (Å²) in [6, 6.07) is 32.3. The van der Waals surface area contributed by atoms with E-state index in [0.29, 0.717) is 65.5 Å². The lowest BCUT2D eigenvalue weighted by Gasteiger charge is -2.55. The largest absolute Gasteiger partial charge is 0.481 e. The van der Waals surface area contributed by atoms with E-state index in [-0.39, 0.29) is 41.5 Å². The van der Waals surface area contributed by atoms with Crippen LogP contribution in [0.3, 0.4) is 0 Å². The third kappa shape index (κ3) is 23.1. The van der Waals surface area contributed by atoms with Gasteiger partial charge in [-0.3, -0.25) is 24.1 Å². The molecule has 8 atom stereocenters. The van der Waals surface area contributed by atoms with Gasteiger partial charge in [0.1, 0.15) is 28.1 Å². The maximum atomic E-state index is 11.5. The summed E-state index contributed by atoms with van der Waals surface area (Å²) in [7, 11) is 0. The minimum atomic E-state index is -0.648. The van der Waals surface area contributed by atoms with E-state index in [0.717, 1.165) is 310 Å². The third-order valence-electron chi connectivity index (χ3n) is 35.8. The second-order valence-electron chi connectivity index (χ2n) is 46.8. The Bertz CT molecular complexity index is 6560. The van der Waals surface area contributed by atoms with Crippen molar-refractivity contribution >= 4 is 182 Å². The summed E-state index contributed by atoms with van der Waals surface area (Å²) in [5.41, 5.74) is 11.8. The molecule has 28 nitrogen and oxygen atoms in total. The molecule has 15 heterocycles. The molecule has 4 aromatic carbocycles. The number of carboxylic acid groups (broad SMARTS) is 4. The van der Waals surface area contributed by atoms with Crippen molar-refractivity contribution in [2.75, 3.05) is 146 Å². The molecule has 8 saturated heterocycles. The van der Waals surface area contributed by atoms with Gasteiger partial charge in [0.15, 0.2) is 0 Å². The van der Waals surface area contributed by atoms with Crippen LogP contribution in [-0.2, 0) is 19.2 Å². The van der Waals surface area contributed by atoms with Gasteiger partial charge in [-0.05, 0) is 369 Å². The molecule has 12 fully saturated rings. The molecule has 23 rings (SSSR count). The zero-order valence-electron chi connectivity index (χ0n) is 88.6. The molecule has 7 aromatic heterocycles. The summed E-state index contributed by atoms with van der Waals surface area (Å²) < 4.78 is 2.13. The van der Waals surface area contributed by atoms with Gasteiger partial charge >= 0.3 is 23.9 Å². The number of thiophene rings is 3. The number of halogens is 4. The molecular weight excluding hydrogens is 2030 g/mol. The van der Waals surface area contributed by atoms with Crippen LogP contribution < -0.4 is 40.9 Å². The molecule has 0 amide bonds. The number of anilines is 8. The van der Waals surface area contributed by atoms with Gasteiger partial charge in [0.25, 0.3) is 0 Å². The highest BCUT2D eigenvalue weighted by atomic mass is 35.5. The predicted molar refractivity (Wildman–Crippen MR) is 607 cm³/mol. The van der Waals surface area contributed by atoms with Crippen molar-refractivity contribution < 1.29 is 39.6 Å². The van der Waals surface area contributed by atoms with Crippen molar-refractivity contribution in [2.24, 2.45) is 70.0 Å². The van der Waals surface area contributed by atoms with E-state index >= 15 is 0 Å². The number of aryl methyl sites for hydroxylation is 5. The average molecular weight is 2170 g/mol. The second kappa shape index (κ2) is 44.7. The number of benzene rings is 4. The topological polar surface area (TPSA) is 326 Å². The molecule has 8 N–H and O–H groups in total. The standard InChI is InChI=1S/3C29H36ClN5O2S.C28H38ClN5O2/c1-17-6-7-22(23(30)11-17)18(2)31-26-25-24(8-10-38-25)32-28(33-26)34-14-21(15-34)19-5-4-9-35(16-19)29(3)12-20(13-29)27(36)37;1-17-6-7-22(23(30)11-17)18(2)31-26-25-24(8-10-38-25)32-28(33-26)35-15-20(16-35)19-5-4-9-34(14-19)21-12-29(3,13-21)27(36)37;1-17-6-7-22(24(30)11-17)18(2)31-25-23-8-10-38-26(23)33-28(32-25)35-15-20(16-35)19-5-4-9-34(14-19)21-12-29(3,13-21)27(36)37;1-16-7-8-24(25(29)10-16)19(4)30-26-17(2)18(3)31-28(32-26)34-14-22(15-34)20-6-5-9-33(13-20)23-11-21(12-23)27(35)36/h3*6-8,10-11,18-21H,4-5,9,12-16H2,1-3H3,(H,36,37)(H,31,32,33);7-8,10,19-23H,5-6,9,11-15H2,1-4H3,(H,35,36)(H,30,31,32). The Morgan fingerprint density at radius 3 is 1.08 bits per heavy atom. The lowest BCUT2D eigenvalue weighted by Crippen LogP contribution is -2.61. The molecular formula is C115H146Cl4N20O8S3. The van der Waals surface area contributed by atoms with Crippen LogP contribution in [0.4, 0.5) is 47.1 Å². The van der Waals surface area contributed by atoms with Crippen molar-refractivity contribution in [3.8, 4) is 0 Å². The van der Waals surface area contributed by atoms with E-state index < -0.39 is 34.7 Å². The van der Waals surface area contributed by atoms with Crippen molar-refractivity contribution in [2.45, 2.75) is 241 Å². The number of likely N-dealkylation sites (tertiary alicyclic amines) is 4. The van der Waals surface area contributed by atoms with Gasteiger partial charge in [0.05, 0.1) is 72.7 Å². The van der Waals surface area contributed by atoms with Gasteiger partial charge in [-0.25, -0.2) is 19.9 Å². The monoisotopic (exact) mass is 2170 g/mol. The summed E-state index contributed by atoms with van der Waals surface area (Å²) in [5, 5.41) is 62.3. The van der Waals surface area contributed by atoms with Gasteiger partial charge in [-0.15, -0.1) is 34.0 Å². The van der Waals surface area contributed by atoms with Crippen molar-refractivity contribution in [1.29, 1.82) is 0 Å². The minimum absolute atomic E-state index is 0.0146. The molecule has 800 valence electrons. The van der Waals surface area contributed by atoms with Crippen LogP contribution >= 0.6 is 80.4 Å². The molecule has 35 heteroatoms. The van der Waals surface area contributed by atoms with Gasteiger partial charge in [0, 0.05) is 134 Å². The zero-order chi connectivity index (χ0) is 105. The summed E-state index contributed by atoms with van der Waals surface area (Å²) in [6.07, 6.45) is 16.1. The number of nitrogens with one attached hydrogen (secondary N) is 4. The Morgan fingerprint density at radius 2 is 0.700 bits per heavy atom. The Hall–Kier alpha value is -9.64. The van der Waals surface area contributed by atoms with Crippen molar-refractivity contribution in [1.82, 2.24) is 59.5 Å². The Labute approximate surface area is 913 Å². The predicted octanol–water partition coefficient (Wildman–Crippen LogP) is 23.9. The highest BCUT2D eigenvalue weighted by molar-refractivity contribution is 7.18. The van der Waals surface area contributed by atoms with Crippen LogP contribution in [0.2, 0.25) is 20.1 Å². The fraction of sp³-hybridized carbons (Fsp3) is 0.565. The molecule has 12 aliphatic rings. The summed E-state index contributed by atoms with van der Waals surface area (Å²) in [6.45, 7) is 43.4. The number of fused-ring (bicyclic) bond motifs is 3. The number of aliphatic carboxylic acids is 4. The number of aromatic nitrogens is 8. The van der Waals surface area contributed by atoms with E-state index in [4.69, 9.17) is 86.3 Å². The fourth-order valence-corrected chi connectivity index (χ4v) is 29.6. The van der Waals surface area contributed by atoms with E-state index in [1.54, 1.807) is 34.0 Å². The number of hydrogen-bond acceptors (Lipinski definition) is 27. The highest BCUT2D eigenvalue weighted by Crippen LogP contribution is 2.52. The number of nitrogens with zero attached hydrogens (tertiary/aromatic N) is 16. The lowest BCUT2D eigenvalue weighted by atomic mass is 9.65. The highest BCUT2D eigenvalue weighted by Gasteiger charge is 2.54. The first-order chi connectivity index (χ1) is 71.8.